The average Bonchev–Trinajstić information content (AvgIpc) is 3.69. The van der Waals surface area contributed by atoms with Crippen LogP contribution in [-0.2, 0) is 0 Å². The molecular formula is C30H28Cl2FN3O2. The number of benzene rings is 2. The summed E-state index contributed by atoms with van der Waals surface area (Å²) in [5, 5.41) is 0.848. The summed E-state index contributed by atoms with van der Waals surface area (Å²) in [4.78, 5) is 31.3. The molecule has 0 aliphatic heterocycles. The molecule has 0 saturated heterocycles. The molecule has 8 heteroatoms. The minimum atomic E-state index is -0.682. The number of aromatic nitrogens is 1. The number of carbonyl (C=O) groups excluding carboxylic acids is 1. The number of amides is 1. The Labute approximate surface area is 231 Å². The van der Waals surface area contributed by atoms with Gasteiger partial charge in [-0.25, -0.2) is 4.39 Å². The summed E-state index contributed by atoms with van der Waals surface area (Å²) >= 11 is 12.6. The molecule has 1 aliphatic carbocycles. The van der Waals surface area contributed by atoms with E-state index < -0.39 is 11.7 Å². The zero-order valence-electron chi connectivity index (χ0n) is 21.6. The highest BCUT2D eigenvalue weighted by Crippen LogP contribution is 2.55. The number of rotatable bonds is 7. The van der Waals surface area contributed by atoms with Crippen molar-refractivity contribution < 1.29 is 9.18 Å². The van der Waals surface area contributed by atoms with E-state index in [9.17, 15) is 9.59 Å². The maximum absolute atomic E-state index is 15.4. The molecule has 3 aromatic rings. The van der Waals surface area contributed by atoms with Crippen molar-refractivity contribution >= 4 is 41.0 Å². The van der Waals surface area contributed by atoms with Crippen LogP contribution in [0.25, 0.3) is 6.20 Å². The van der Waals surface area contributed by atoms with Crippen LogP contribution in [0.3, 0.4) is 0 Å². The lowest BCUT2D eigenvalue weighted by molar-refractivity contribution is 0.0823. The van der Waals surface area contributed by atoms with Crippen molar-refractivity contribution in [3.63, 3.8) is 0 Å². The molecule has 1 amide bonds. The van der Waals surface area contributed by atoms with Gasteiger partial charge in [-0.2, -0.15) is 0 Å². The van der Waals surface area contributed by atoms with Crippen molar-refractivity contribution in [3.8, 4) is 0 Å². The fourth-order valence-electron chi connectivity index (χ4n) is 4.46. The Bertz CT molecular complexity index is 1520. The Kier molecular flexibility index (Phi) is 8.34. The molecule has 1 fully saturated rings. The van der Waals surface area contributed by atoms with E-state index >= 15 is 4.39 Å². The van der Waals surface area contributed by atoms with Gasteiger partial charge in [-0.15, -0.1) is 0 Å². The normalized spacial score (nSPS) is 17.4. The standard InChI is InChI=1S/C30H28Cl2FN3O2/c1-5-14-34-26(21-7-6-8-22(28(21)33)29(37)35(3)4)13-15-36-18(2)16-25(27(32)30(36)38)24-17-23(24)19-9-11-20(31)12-10-19/h5-16,23-24H,17H2,1-4H3/b14-5+,15-13+,34-26-. The largest absolute Gasteiger partial charge is 0.345 e. The van der Waals surface area contributed by atoms with Gasteiger partial charge in [0, 0.05) is 42.8 Å². The zero-order valence-corrected chi connectivity index (χ0v) is 23.1. The Morgan fingerprint density at radius 2 is 1.79 bits per heavy atom. The highest BCUT2D eigenvalue weighted by molar-refractivity contribution is 6.31. The van der Waals surface area contributed by atoms with Crippen LogP contribution >= 0.6 is 23.2 Å². The van der Waals surface area contributed by atoms with Gasteiger partial charge in [-0.05, 0) is 79.6 Å². The lowest BCUT2D eigenvalue weighted by atomic mass is 10.0. The number of carbonyl (C=O) groups is 1. The Balaban J connectivity index is 1.67. The molecule has 0 spiro atoms. The van der Waals surface area contributed by atoms with Gasteiger partial charge in [0.2, 0.25) is 0 Å². The van der Waals surface area contributed by atoms with Crippen LogP contribution in [0.4, 0.5) is 4.39 Å². The predicted molar refractivity (Wildman–Crippen MR) is 153 cm³/mol. The molecule has 0 bridgehead atoms. The number of hydrogen-bond donors (Lipinski definition) is 0. The molecular weight excluding hydrogens is 524 g/mol. The fourth-order valence-corrected chi connectivity index (χ4v) is 4.87. The van der Waals surface area contributed by atoms with Gasteiger partial charge in [-0.1, -0.05) is 47.5 Å². The van der Waals surface area contributed by atoms with Crippen LogP contribution in [-0.4, -0.2) is 35.2 Å². The van der Waals surface area contributed by atoms with E-state index in [0.29, 0.717) is 10.7 Å². The smallest absolute Gasteiger partial charge is 0.273 e. The maximum Gasteiger partial charge on any atom is 0.273 e. The minimum absolute atomic E-state index is 0.0607. The van der Waals surface area contributed by atoms with Gasteiger partial charge < -0.3 is 4.90 Å². The molecule has 0 radical (unpaired) electrons. The highest BCUT2D eigenvalue weighted by atomic mass is 35.5. The maximum atomic E-state index is 15.4. The summed E-state index contributed by atoms with van der Waals surface area (Å²) in [6, 6.07) is 14.2. The van der Waals surface area contributed by atoms with Crippen molar-refractivity contribution in [1.29, 1.82) is 0 Å². The third-order valence-electron chi connectivity index (χ3n) is 6.55. The monoisotopic (exact) mass is 551 g/mol. The molecule has 196 valence electrons. The van der Waals surface area contributed by atoms with Crippen molar-refractivity contribution in [2.75, 3.05) is 14.1 Å². The van der Waals surface area contributed by atoms with E-state index in [4.69, 9.17) is 23.2 Å². The SMILES string of the molecule is C/C=C/N=C(/C=C/n1c(C)cc(C2CC2c2ccc(Cl)cc2)c(Cl)c1=O)c1cccc(C(=O)N(C)C)c1F. The van der Waals surface area contributed by atoms with Crippen LogP contribution in [0.2, 0.25) is 10.0 Å². The number of nitrogens with zero attached hydrogens (tertiary/aromatic N) is 3. The number of allylic oxidation sites excluding steroid dienone is 2. The molecule has 1 aliphatic rings. The summed E-state index contributed by atoms with van der Waals surface area (Å²) in [5.41, 5.74) is 2.66. The first-order valence-electron chi connectivity index (χ1n) is 12.2. The quantitative estimate of drug-likeness (QED) is 0.295. The van der Waals surface area contributed by atoms with Gasteiger partial charge in [0.15, 0.2) is 0 Å². The number of hydrogen-bond acceptors (Lipinski definition) is 3. The number of pyridine rings is 1. The predicted octanol–water partition coefficient (Wildman–Crippen LogP) is 7.07. The number of aryl methyl sites for hydroxylation is 1. The van der Waals surface area contributed by atoms with E-state index in [1.807, 2.05) is 37.3 Å². The second-order valence-electron chi connectivity index (χ2n) is 9.41. The molecule has 1 heterocycles. The van der Waals surface area contributed by atoms with Crippen molar-refractivity contribution in [2.24, 2.45) is 4.99 Å². The van der Waals surface area contributed by atoms with Crippen LogP contribution in [0.5, 0.6) is 0 Å². The van der Waals surface area contributed by atoms with E-state index in [2.05, 4.69) is 4.99 Å². The summed E-state index contributed by atoms with van der Waals surface area (Å²) in [6.45, 7) is 3.61. The van der Waals surface area contributed by atoms with Crippen LogP contribution in [0.1, 0.15) is 57.9 Å². The van der Waals surface area contributed by atoms with Crippen molar-refractivity contribution in [1.82, 2.24) is 9.47 Å². The lowest BCUT2D eigenvalue weighted by Gasteiger charge is -2.13. The highest BCUT2D eigenvalue weighted by Gasteiger charge is 2.41. The first kappa shape index (κ1) is 27.6. The second-order valence-corrected chi connectivity index (χ2v) is 10.2. The summed E-state index contributed by atoms with van der Waals surface area (Å²) < 4.78 is 16.8. The van der Waals surface area contributed by atoms with Crippen molar-refractivity contribution in [2.45, 2.75) is 32.1 Å². The molecule has 2 unspecified atom stereocenters. The van der Waals surface area contributed by atoms with Crippen LogP contribution in [0.15, 0.2) is 76.7 Å². The van der Waals surface area contributed by atoms with E-state index in [1.54, 1.807) is 45.3 Å². The Morgan fingerprint density at radius 1 is 1.11 bits per heavy atom. The molecule has 5 nitrogen and oxygen atoms in total. The van der Waals surface area contributed by atoms with Gasteiger partial charge >= 0.3 is 0 Å². The van der Waals surface area contributed by atoms with Gasteiger partial charge in [-0.3, -0.25) is 19.1 Å². The fraction of sp³-hybridized carbons (Fsp3) is 0.233. The Hall–Kier alpha value is -3.48. The molecule has 1 aromatic heterocycles. The molecule has 4 rings (SSSR count). The Morgan fingerprint density at radius 3 is 2.45 bits per heavy atom. The summed E-state index contributed by atoms with van der Waals surface area (Å²) in [5.74, 6) is -0.690. The number of aliphatic imine (C=N–C) groups is 1. The first-order valence-corrected chi connectivity index (χ1v) is 12.9. The molecule has 1 saturated carbocycles. The molecule has 2 atom stereocenters. The van der Waals surface area contributed by atoms with Gasteiger partial charge in [0.25, 0.3) is 11.5 Å². The third kappa shape index (κ3) is 5.66. The minimum Gasteiger partial charge on any atom is -0.345 e. The molecule has 0 N–H and O–H groups in total. The average molecular weight is 552 g/mol. The van der Waals surface area contributed by atoms with Gasteiger partial charge in [0.1, 0.15) is 10.8 Å². The molecule has 2 aromatic carbocycles. The summed E-state index contributed by atoms with van der Waals surface area (Å²) in [7, 11) is 3.12. The summed E-state index contributed by atoms with van der Waals surface area (Å²) in [6.07, 6.45) is 7.20. The van der Waals surface area contributed by atoms with Crippen molar-refractivity contribution in [3.05, 3.63) is 121 Å². The third-order valence-corrected chi connectivity index (χ3v) is 7.18. The van der Waals surface area contributed by atoms with E-state index in [1.165, 1.54) is 33.5 Å². The topological polar surface area (TPSA) is 54.7 Å². The van der Waals surface area contributed by atoms with Crippen LogP contribution < -0.4 is 5.56 Å². The van der Waals surface area contributed by atoms with E-state index in [0.717, 1.165) is 12.0 Å². The molecule has 38 heavy (non-hydrogen) atoms. The van der Waals surface area contributed by atoms with Crippen LogP contribution in [0, 0.1) is 12.7 Å². The first-order chi connectivity index (χ1) is 18.1. The number of halogens is 3. The van der Waals surface area contributed by atoms with E-state index in [-0.39, 0.29) is 39.3 Å². The second kappa shape index (κ2) is 11.5. The lowest BCUT2D eigenvalue weighted by Crippen LogP contribution is -2.23. The van der Waals surface area contributed by atoms with Gasteiger partial charge in [0.05, 0.1) is 11.3 Å². The zero-order chi connectivity index (χ0) is 27.6.